The number of hydrogen-bond donors (Lipinski definition) is 2. The maximum absolute atomic E-state index is 10.7. The van der Waals surface area contributed by atoms with Crippen LogP contribution in [0.5, 0.6) is 17.2 Å². The van der Waals surface area contributed by atoms with Gasteiger partial charge in [0.2, 0.25) is 0 Å². The maximum atomic E-state index is 10.7. The number of rotatable bonds is 9. The van der Waals surface area contributed by atoms with Crippen LogP contribution in [0.15, 0.2) is 66.9 Å². The van der Waals surface area contributed by atoms with Crippen LogP contribution in [0.4, 0.5) is 4.79 Å². The highest BCUT2D eigenvalue weighted by Crippen LogP contribution is 2.40. The number of aromatic nitrogens is 1. The van der Waals surface area contributed by atoms with Gasteiger partial charge in [-0.2, -0.15) is 5.26 Å². The molecule has 1 aliphatic rings. The van der Waals surface area contributed by atoms with Crippen LogP contribution in [0, 0.1) is 11.3 Å². The molecule has 0 atom stereocenters. The topological polar surface area (TPSA) is 104 Å². The molecule has 0 aliphatic heterocycles. The van der Waals surface area contributed by atoms with Crippen LogP contribution in [0.2, 0.25) is 0 Å². The molecule has 0 bridgehead atoms. The summed E-state index contributed by atoms with van der Waals surface area (Å²) in [5, 5.41) is 20.2. The first-order valence-electron chi connectivity index (χ1n) is 11.9. The molecule has 1 aromatic heterocycles. The van der Waals surface area contributed by atoms with Gasteiger partial charge in [0.05, 0.1) is 6.20 Å². The van der Waals surface area contributed by atoms with Crippen LogP contribution < -0.4 is 14.8 Å². The molecule has 7 nitrogen and oxygen atoms in total. The number of nitrogens with one attached hydrogen (secondary N) is 1. The molecule has 180 valence electrons. The second-order valence-corrected chi connectivity index (χ2v) is 8.79. The SMILES string of the molecule is CCC(CC)(c1ccc(Oc2ccc(C#N)nc2)cc1)c1ccc(OC2CC(NC(=O)O)C2)cc1. The lowest BCUT2D eigenvalue weighted by Gasteiger charge is -2.36. The molecule has 1 fully saturated rings. The molecular formula is C28H29N3O4. The first kappa shape index (κ1) is 24.1. The molecule has 35 heavy (non-hydrogen) atoms. The van der Waals surface area contributed by atoms with Gasteiger partial charge in [0.25, 0.3) is 0 Å². The van der Waals surface area contributed by atoms with Crippen molar-refractivity contribution >= 4 is 6.09 Å². The van der Waals surface area contributed by atoms with E-state index in [-0.39, 0.29) is 17.6 Å². The van der Waals surface area contributed by atoms with Gasteiger partial charge >= 0.3 is 6.09 Å². The van der Waals surface area contributed by atoms with Gasteiger partial charge in [0, 0.05) is 24.3 Å². The maximum Gasteiger partial charge on any atom is 0.404 e. The Kier molecular flexibility index (Phi) is 7.21. The normalized spacial score (nSPS) is 17.1. The van der Waals surface area contributed by atoms with Crippen molar-refractivity contribution in [2.24, 2.45) is 0 Å². The zero-order chi connectivity index (χ0) is 24.8. The largest absolute Gasteiger partial charge is 0.490 e. The van der Waals surface area contributed by atoms with E-state index in [0.29, 0.717) is 30.0 Å². The Balaban J connectivity index is 1.44. The quantitative estimate of drug-likeness (QED) is 0.395. The average molecular weight is 472 g/mol. The highest BCUT2D eigenvalue weighted by Gasteiger charge is 2.33. The summed E-state index contributed by atoms with van der Waals surface area (Å²) in [5.41, 5.74) is 2.65. The summed E-state index contributed by atoms with van der Waals surface area (Å²) in [6, 6.07) is 21.7. The standard InChI is InChI=1S/C28H29N3O4/c1-3-28(4-2,19-5-10-23(11-6-19)34-25-14-9-21(17-29)30-18-25)20-7-12-24(13-8-20)35-26-15-22(16-26)31-27(32)33/h5-14,18,22,26,31H,3-4,15-16H2,1-2H3,(H,32,33). The first-order chi connectivity index (χ1) is 17.0. The van der Waals surface area contributed by atoms with E-state index in [9.17, 15) is 4.79 Å². The van der Waals surface area contributed by atoms with Gasteiger partial charge in [-0.3, -0.25) is 0 Å². The van der Waals surface area contributed by atoms with Crippen molar-refractivity contribution in [3.63, 3.8) is 0 Å². The van der Waals surface area contributed by atoms with Gasteiger partial charge in [-0.25, -0.2) is 9.78 Å². The van der Waals surface area contributed by atoms with Crippen molar-refractivity contribution in [2.45, 2.75) is 57.1 Å². The number of benzene rings is 2. The minimum Gasteiger partial charge on any atom is -0.490 e. The third kappa shape index (κ3) is 5.38. The van der Waals surface area contributed by atoms with Crippen molar-refractivity contribution < 1.29 is 19.4 Å². The third-order valence-electron chi connectivity index (χ3n) is 6.83. The summed E-state index contributed by atoms with van der Waals surface area (Å²) >= 11 is 0. The molecule has 1 saturated carbocycles. The summed E-state index contributed by atoms with van der Waals surface area (Å²) in [4.78, 5) is 14.8. The molecule has 2 N–H and O–H groups in total. The Hall–Kier alpha value is -4.05. The first-order valence-corrected chi connectivity index (χ1v) is 11.9. The van der Waals surface area contributed by atoms with Gasteiger partial charge < -0.3 is 19.9 Å². The summed E-state index contributed by atoms with van der Waals surface area (Å²) in [7, 11) is 0. The number of carboxylic acid groups (broad SMARTS) is 1. The highest BCUT2D eigenvalue weighted by atomic mass is 16.5. The lowest BCUT2D eigenvalue weighted by molar-refractivity contribution is 0.0833. The monoisotopic (exact) mass is 471 g/mol. The van der Waals surface area contributed by atoms with Crippen LogP contribution in [-0.2, 0) is 5.41 Å². The number of pyridine rings is 1. The Bertz CT molecular complexity index is 1170. The Labute approximate surface area is 205 Å². The molecule has 0 spiro atoms. The van der Waals surface area contributed by atoms with E-state index < -0.39 is 6.09 Å². The van der Waals surface area contributed by atoms with Crippen molar-refractivity contribution in [1.29, 1.82) is 5.26 Å². The van der Waals surface area contributed by atoms with E-state index in [1.54, 1.807) is 18.3 Å². The van der Waals surface area contributed by atoms with E-state index in [1.807, 2.05) is 30.3 Å². The molecule has 0 unspecified atom stereocenters. The van der Waals surface area contributed by atoms with Crippen LogP contribution in [0.25, 0.3) is 0 Å². The van der Waals surface area contributed by atoms with Crippen LogP contribution in [0.1, 0.15) is 56.4 Å². The molecule has 3 aromatic rings. The second-order valence-electron chi connectivity index (χ2n) is 8.79. The lowest BCUT2D eigenvalue weighted by Crippen LogP contribution is -2.48. The Morgan fingerprint density at radius 1 is 1.00 bits per heavy atom. The molecule has 2 aromatic carbocycles. The van der Waals surface area contributed by atoms with Crippen molar-refractivity contribution in [3.8, 4) is 23.3 Å². The lowest BCUT2D eigenvalue weighted by atomic mass is 9.70. The minimum atomic E-state index is -0.987. The van der Waals surface area contributed by atoms with Crippen LogP contribution in [0.3, 0.4) is 0 Å². The predicted octanol–water partition coefficient (Wildman–Crippen LogP) is 6.03. The molecule has 0 radical (unpaired) electrons. The fourth-order valence-electron chi connectivity index (χ4n) is 4.72. The molecule has 1 aliphatic carbocycles. The third-order valence-corrected chi connectivity index (χ3v) is 6.83. The number of carbonyl (C=O) groups is 1. The minimum absolute atomic E-state index is 0.0234. The zero-order valence-corrected chi connectivity index (χ0v) is 19.9. The van der Waals surface area contributed by atoms with E-state index in [4.69, 9.17) is 19.8 Å². The smallest absolute Gasteiger partial charge is 0.404 e. The fraction of sp³-hybridized carbons (Fsp3) is 0.321. The van der Waals surface area contributed by atoms with Gasteiger partial charge in [-0.05, 0) is 60.4 Å². The van der Waals surface area contributed by atoms with E-state index in [1.165, 1.54) is 11.1 Å². The van der Waals surface area contributed by atoms with E-state index >= 15 is 0 Å². The van der Waals surface area contributed by atoms with Gasteiger partial charge in [0.15, 0.2) is 0 Å². The molecule has 1 heterocycles. The number of hydrogen-bond acceptors (Lipinski definition) is 5. The van der Waals surface area contributed by atoms with E-state index in [2.05, 4.69) is 48.4 Å². The number of nitrogens with zero attached hydrogens (tertiary/aromatic N) is 2. The average Bonchev–Trinajstić information content (AvgIpc) is 2.86. The Morgan fingerprint density at radius 2 is 1.57 bits per heavy atom. The van der Waals surface area contributed by atoms with Crippen LogP contribution in [-0.4, -0.2) is 28.3 Å². The molecule has 0 saturated heterocycles. The Morgan fingerprint density at radius 3 is 2.06 bits per heavy atom. The molecule has 1 amide bonds. The molecular weight excluding hydrogens is 442 g/mol. The second kappa shape index (κ2) is 10.5. The molecule has 7 heteroatoms. The number of nitriles is 1. The fourth-order valence-corrected chi connectivity index (χ4v) is 4.72. The van der Waals surface area contributed by atoms with Crippen LogP contribution >= 0.6 is 0 Å². The summed E-state index contributed by atoms with van der Waals surface area (Å²) in [5.74, 6) is 2.09. The number of amides is 1. The van der Waals surface area contributed by atoms with Gasteiger partial charge in [-0.1, -0.05) is 38.1 Å². The highest BCUT2D eigenvalue weighted by molar-refractivity contribution is 5.65. The van der Waals surface area contributed by atoms with Gasteiger partial charge in [-0.15, -0.1) is 0 Å². The summed E-state index contributed by atoms with van der Waals surface area (Å²) in [6.45, 7) is 4.40. The zero-order valence-electron chi connectivity index (χ0n) is 19.9. The predicted molar refractivity (Wildman–Crippen MR) is 132 cm³/mol. The van der Waals surface area contributed by atoms with Crippen molar-refractivity contribution in [3.05, 3.63) is 83.7 Å². The number of ether oxygens (including phenoxy) is 2. The van der Waals surface area contributed by atoms with Crippen molar-refractivity contribution in [1.82, 2.24) is 10.3 Å². The summed E-state index contributed by atoms with van der Waals surface area (Å²) in [6.07, 6.45) is 3.86. The molecule has 4 rings (SSSR count). The van der Waals surface area contributed by atoms with E-state index in [0.717, 1.165) is 18.6 Å². The van der Waals surface area contributed by atoms with Gasteiger partial charge in [0.1, 0.15) is 35.1 Å². The summed E-state index contributed by atoms with van der Waals surface area (Å²) < 4.78 is 11.9. The van der Waals surface area contributed by atoms with Crippen molar-refractivity contribution in [2.75, 3.05) is 0 Å².